The normalized spacial score (nSPS) is 36.7. The van der Waals surface area contributed by atoms with E-state index in [1.165, 1.54) is 25.7 Å². The van der Waals surface area contributed by atoms with Crippen molar-refractivity contribution in [1.29, 1.82) is 0 Å². The molecule has 0 spiro atoms. The van der Waals surface area contributed by atoms with Crippen LogP contribution in [0, 0.1) is 5.92 Å². The monoisotopic (exact) mass is 127 g/mol. The third-order valence-corrected chi connectivity index (χ3v) is 2.34. The van der Waals surface area contributed by atoms with Crippen LogP contribution < -0.4 is 5.32 Å². The number of hydrogen-bond donors (Lipinski definition) is 1. The van der Waals surface area contributed by atoms with Gasteiger partial charge in [-0.05, 0) is 25.8 Å². The third-order valence-electron chi connectivity index (χ3n) is 2.34. The van der Waals surface area contributed by atoms with Crippen LogP contribution in [0.2, 0.25) is 0 Å². The lowest BCUT2D eigenvalue weighted by Gasteiger charge is -2.25. The van der Waals surface area contributed by atoms with Gasteiger partial charge in [0.15, 0.2) is 0 Å². The highest BCUT2D eigenvalue weighted by Crippen LogP contribution is 2.22. The first kappa shape index (κ1) is 7.07. The molecule has 0 amide bonds. The van der Waals surface area contributed by atoms with E-state index in [0.717, 1.165) is 12.0 Å². The van der Waals surface area contributed by atoms with Gasteiger partial charge in [-0.2, -0.15) is 0 Å². The van der Waals surface area contributed by atoms with Crippen molar-refractivity contribution in [2.45, 2.75) is 38.6 Å². The molecule has 0 bridgehead atoms. The highest BCUT2D eigenvalue weighted by molar-refractivity contribution is 4.73. The van der Waals surface area contributed by atoms with Crippen LogP contribution in [0.3, 0.4) is 0 Å². The molecule has 1 N–H and O–H groups in total. The molecule has 1 rings (SSSR count). The Hall–Kier alpha value is -0.0400. The molecule has 1 nitrogen and oxygen atoms in total. The molecule has 1 aliphatic carbocycles. The summed E-state index contributed by atoms with van der Waals surface area (Å²) in [5.74, 6) is 0.955. The second-order valence-electron chi connectivity index (χ2n) is 3.26. The van der Waals surface area contributed by atoms with Gasteiger partial charge in [0.1, 0.15) is 0 Å². The van der Waals surface area contributed by atoms with Gasteiger partial charge in [0.05, 0.1) is 0 Å². The molecule has 0 aromatic heterocycles. The molecule has 9 heavy (non-hydrogen) atoms. The first-order chi connectivity index (χ1) is 4.33. The summed E-state index contributed by atoms with van der Waals surface area (Å²) >= 11 is 0. The highest BCUT2D eigenvalue weighted by Gasteiger charge is 2.16. The largest absolute Gasteiger partial charge is 0.317 e. The Labute approximate surface area is 57.8 Å². The van der Waals surface area contributed by atoms with Crippen LogP contribution in [0.4, 0.5) is 0 Å². The fourth-order valence-corrected chi connectivity index (χ4v) is 1.70. The van der Waals surface area contributed by atoms with Crippen LogP contribution in [0.25, 0.3) is 0 Å². The van der Waals surface area contributed by atoms with E-state index >= 15 is 0 Å². The third kappa shape index (κ3) is 1.98. The Morgan fingerprint density at radius 2 is 2.11 bits per heavy atom. The summed E-state index contributed by atoms with van der Waals surface area (Å²) in [6, 6.07) is 0.814. The molecule has 0 heterocycles. The minimum Gasteiger partial charge on any atom is -0.317 e. The van der Waals surface area contributed by atoms with E-state index < -0.39 is 0 Å². The van der Waals surface area contributed by atoms with Crippen molar-refractivity contribution < 1.29 is 0 Å². The molecule has 1 heteroatoms. The lowest BCUT2D eigenvalue weighted by molar-refractivity contribution is 0.314. The summed E-state index contributed by atoms with van der Waals surface area (Å²) in [6.07, 6.45) is 5.64. The van der Waals surface area contributed by atoms with Crippen LogP contribution in [-0.4, -0.2) is 13.1 Å². The molecule has 54 valence electrons. The average molecular weight is 127 g/mol. The summed E-state index contributed by atoms with van der Waals surface area (Å²) < 4.78 is 0. The molecule has 0 aromatic carbocycles. The van der Waals surface area contributed by atoms with Gasteiger partial charge in [0, 0.05) is 6.04 Å². The molecular formula is C8H17N. The van der Waals surface area contributed by atoms with Crippen molar-refractivity contribution in [1.82, 2.24) is 5.32 Å². The second kappa shape index (κ2) is 3.21. The van der Waals surface area contributed by atoms with Crippen molar-refractivity contribution in [2.75, 3.05) is 7.05 Å². The van der Waals surface area contributed by atoms with Crippen LogP contribution in [0.15, 0.2) is 0 Å². The predicted molar refractivity (Wildman–Crippen MR) is 40.5 cm³/mol. The maximum atomic E-state index is 3.33. The maximum absolute atomic E-state index is 3.33. The molecule has 1 aliphatic rings. The zero-order chi connectivity index (χ0) is 6.69. The first-order valence-corrected chi connectivity index (χ1v) is 4.00. The van der Waals surface area contributed by atoms with E-state index in [9.17, 15) is 0 Å². The summed E-state index contributed by atoms with van der Waals surface area (Å²) in [6.45, 7) is 2.35. The van der Waals surface area contributed by atoms with Gasteiger partial charge in [-0.25, -0.2) is 0 Å². The van der Waals surface area contributed by atoms with Crippen molar-refractivity contribution in [3.63, 3.8) is 0 Å². The SMILES string of the molecule is CN[C@H]1CCC[C@H](C)C1. The Morgan fingerprint density at radius 1 is 1.33 bits per heavy atom. The lowest BCUT2D eigenvalue weighted by atomic mass is 9.87. The average Bonchev–Trinajstić information content (AvgIpc) is 1.88. The van der Waals surface area contributed by atoms with E-state index in [2.05, 4.69) is 19.3 Å². The molecular weight excluding hydrogens is 110 g/mol. The van der Waals surface area contributed by atoms with Crippen molar-refractivity contribution in [3.8, 4) is 0 Å². The van der Waals surface area contributed by atoms with E-state index in [0.29, 0.717) is 0 Å². The van der Waals surface area contributed by atoms with Crippen LogP contribution in [0.5, 0.6) is 0 Å². The number of hydrogen-bond acceptors (Lipinski definition) is 1. The minimum atomic E-state index is 0.814. The highest BCUT2D eigenvalue weighted by atomic mass is 14.9. The summed E-state index contributed by atoms with van der Waals surface area (Å²) in [4.78, 5) is 0. The fourth-order valence-electron chi connectivity index (χ4n) is 1.70. The quantitative estimate of drug-likeness (QED) is 0.566. The molecule has 1 saturated carbocycles. The zero-order valence-corrected chi connectivity index (χ0v) is 6.48. The van der Waals surface area contributed by atoms with E-state index in [-0.39, 0.29) is 0 Å². The summed E-state index contributed by atoms with van der Waals surface area (Å²) in [7, 11) is 2.07. The van der Waals surface area contributed by atoms with Crippen LogP contribution in [0.1, 0.15) is 32.6 Å². The molecule has 0 aliphatic heterocycles. The van der Waals surface area contributed by atoms with Gasteiger partial charge in [-0.1, -0.05) is 19.8 Å². The minimum absolute atomic E-state index is 0.814. The Balaban J connectivity index is 2.23. The standard InChI is InChI=1S/C8H17N/c1-7-4-3-5-8(6-7)9-2/h7-9H,3-6H2,1-2H3/t7-,8-/m0/s1. The summed E-state index contributed by atoms with van der Waals surface area (Å²) in [5, 5.41) is 3.33. The molecule has 2 atom stereocenters. The van der Waals surface area contributed by atoms with Crippen LogP contribution in [-0.2, 0) is 0 Å². The van der Waals surface area contributed by atoms with Crippen molar-refractivity contribution in [2.24, 2.45) is 5.92 Å². The Morgan fingerprint density at radius 3 is 2.56 bits per heavy atom. The maximum Gasteiger partial charge on any atom is 0.00666 e. The lowest BCUT2D eigenvalue weighted by Crippen LogP contribution is -2.30. The van der Waals surface area contributed by atoms with Gasteiger partial charge in [-0.15, -0.1) is 0 Å². The molecule has 0 saturated heterocycles. The van der Waals surface area contributed by atoms with Gasteiger partial charge in [0.2, 0.25) is 0 Å². The first-order valence-electron chi connectivity index (χ1n) is 4.00. The van der Waals surface area contributed by atoms with Gasteiger partial charge in [-0.3, -0.25) is 0 Å². The fraction of sp³-hybridized carbons (Fsp3) is 1.00. The molecule has 0 unspecified atom stereocenters. The number of rotatable bonds is 1. The predicted octanol–water partition coefficient (Wildman–Crippen LogP) is 1.78. The topological polar surface area (TPSA) is 12.0 Å². The number of nitrogens with one attached hydrogen (secondary N) is 1. The van der Waals surface area contributed by atoms with E-state index in [1.807, 2.05) is 0 Å². The van der Waals surface area contributed by atoms with E-state index in [4.69, 9.17) is 0 Å². The Kier molecular flexibility index (Phi) is 2.52. The van der Waals surface area contributed by atoms with E-state index in [1.54, 1.807) is 0 Å². The van der Waals surface area contributed by atoms with Crippen molar-refractivity contribution in [3.05, 3.63) is 0 Å². The molecule has 0 aromatic rings. The van der Waals surface area contributed by atoms with Gasteiger partial charge < -0.3 is 5.32 Å². The van der Waals surface area contributed by atoms with Gasteiger partial charge in [0.25, 0.3) is 0 Å². The van der Waals surface area contributed by atoms with Crippen LogP contribution >= 0.6 is 0 Å². The van der Waals surface area contributed by atoms with Crippen molar-refractivity contribution >= 4 is 0 Å². The molecule has 1 fully saturated rings. The smallest absolute Gasteiger partial charge is 0.00666 e. The summed E-state index contributed by atoms with van der Waals surface area (Å²) in [5.41, 5.74) is 0. The second-order valence-corrected chi connectivity index (χ2v) is 3.26. The van der Waals surface area contributed by atoms with Gasteiger partial charge >= 0.3 is 0 Å². The Bertz CT molecular complexity index is 80.6. The zero-order valence-electron chi connectivity index (χ0n) is 6.48. The molecule has 0 radical (unpaired) electrons.